The molecule has 0 heterocycles. The van der Waals surface area contributed by atoms with Crippen LogP contribution < -0.4 is 5.32 Å². The minimum absolute atomic E-state index is 0.225. The van der Waals surface area contributed by atoms with Crippen LogP contribution in [0.5, 0.6) is 0 Å². The summed E-state index contributed by atoms with van der Waals surface area (Å²) in [6, 6.07) is 10.3. The van der Waals surface area contributed by atoms with Crippen LogP contribution in [-0.2, 0) is 6.54 Å². The highest BCUT2D eigenvalue weighted by molar-refractivity contribution is 7.99. The number of halogens is 3. The molecule has 0 aliphatic rings. The van der Waals surface area contributed by atoms with Crippen LogP contribution >= 0.6 is 35.0 Å². The molecule has 0 spiro atoms. The van der Waals surface area contributed by atoms with E-state index in [0.717, 1.165) is 9.79 Å². The topological polar surface area (TPSA) is 12.0 Å². The van der Waals surface area contributed by atoms with E-state index in [1.54, 1.807) is 31.3 Å². The molecule has 2 aromatic rings. The lowest BCUT2D eigenvalue weighted by atomic mass is 10.2. The zero-order chi connectivity index (χ0) is 13.8. The van der Waals surface area contributed by atoms with Gasteiger partial charge in [-0.05, 0) is 37.4 Å². The SMILES string of the molecule is CNCc1c(F)cccc1Sc1cc(Cl)ccc1Cl. The van der Waals surface area contributed by atoms with Crippen LogP contribution in [0.4, 0.5) is 4.39 Å². The number of rotatable bonds is 4. The van der Waals surface area contributed by atoms with Crippen LogP contribution in [-0.4, -0.2) is 7.05 Å². The second-order valence-corrected chi connectivity index (χ2v) is 5.85. The van der Waals surface area contributed by atoms with Crippen molar-refractivity contribution < 1.29 is 4.39 Å². The van der Waals surface area contributed by atoms with Gasteiger partial charge in [0, 0.05) is 26.9 Å². The Labute approximate surface area is 126 Å². The molecule has 0 amide bonds. The van der Waals surface area contributed by atoms with Gasteiger partial charge >= 0.3 is 0 Å². The number of benzene rings is 2. The Morgan fingerprint density at radius 2 is 1.95 bits per heavy atom. The summed E-state index contributed by atoms with van der Waals surface area (Å²) in [5.41, 5.74) is 0.631. The van der Waals surface area contributed by atoms with Gasteiger partial charge in [-0.1, -0.05) is 41.0 Å². The highest BCUT2D eigenvalue weighted by atomic mass is 35.5. The molecule has 2 aromatic carbocycles. The average molecular weight is 316 g/mol. The van der Waals surface area contributed by atoms with Crippen molar-refractivity contribution in [2.45, 2.75) is 16.3 Å². The summed E-state index contributed by atoms with van der Waals surface area (Å²) >= 11 is 13.5. The van der Waals surface area contributed by atoms with E-state index in [-0.39, 0.29) is 5.82 Å². The number of hydrogen-bond acceptors (Lipinski definition) is 2. The number of hydrogen-bond donors (Lipinski definition) is 1. The molecule has 0 unspecified atom stereocenters. The van der Waals surface area contributed by atoms with Crippen LogP contribution in [0.2, 0.25) is 10.0 Å². The van der Waals surface area contributed by atoms with Crippen molar-refractivity contribution in [3.05, 3.63) is 57.8 Å². The molecule has 0 radical (unpaired) electrons. The van der Waals surface area contributed by atoms with E-state index in [0.29, 0.717) is 22.2 Å². The van der Waals surface area contributed by atoms with Crippen molar-refractivity contribution in [2.24, 2.45) is 0 Å². The van der Waals surface area contributed by atoms with E-state index < -0.39 is 0 Å². The predicted octanol–water partition coefficient (Wildman–Crippen LogP) is 5.00. The standard InChI is InChI=1S/C14H12Cl2FNS/c1-18-8-10-12(17)3-2-4-13(10)19-14-7-9(15)5-6-11(14)16/h2-7,18H,8H2,1H3. The van der Waals surface area contributed by atoms with E-state index in [2.05, 4.69) is 5.32 Å². The zero-order valence-electron chi connectivity index (χ0n) is 10.2. The first-order valence-corrected chi connectivity index (χ1v) is 7.24. The lowest BCUT2D eigenvalue weighted by Gasteiger charge is -2.11. The minimum atomic E-state index is -0.225. The first-order chi connectivity index (χ1) is 9.11. The van der Waals surface area contributed by atoms with Crippen molar-refractivity contribution in [1.29, 1.82) is 0 Å². The maximum Gasteiger partial charge on any atom is 0.128 e. The van der Waals surface area contributed by atoms with Crippen LogP contribution in [0.15, 0.2) is 46.2 Å². The molecular weight excluding hydrogens is 304 g/mol. The fourth-order valence-electron chi connectivity index (χ4n) is 1.66. The van der Waals surface area contributed by atoms with Gasteiger partial charge in [0.15, 0.2) is 0 Å². The Balaban J connectivity index is 2.37. The van der Waals surface area contributed by atoms with E-state index in [9.17, 15) is 4.39 Å². The summed E-state index contributed by atoms with van der Waals surface area (Å²) in [5, 5.41) is 4.18. The fraction of sp³-hybridized carbons (Fsp3) is 0.143. The Bertz CT molecular complexity index is 590. The highest BCUT2D eigenvalue weighted by Crippen LogP contribution is 2.37. The third-order valence-electron chi connectivity index (χ3n) is 2.54. The molecular formula is C14H12Cl2FNS. The third-order valence-corrected chi connectivity index (χ3v) is 4.38. The first-order valence-electron chi connectivity index (χ1n) is 5.66. The smallest absolute Gasteiger partial charge is 0.128 e. The molecule has 0 aromatic heterocycles. The molecule has 2 rings (SSSR count). The fourth-order valence-corrected chi connectivity index (χ4v) is 3.15. The molecule has 5 heteroatoms. The van der Waals surface area contributed by atoms with Crippen LogP contribution in [0.25, 0.3) is 0 Å². The molecule has 19 heavy (non-hydrogen) atoms. The van der Waals surface area contributed by atoms with Crippen molar-refractivity contribution >= 4 is 35.0 Å². The van der Waals surface area contributed by atoms with Gasteiger partial charge < -0.3 is 5.32 Å². The summed E-state index contributed by atoms with van der Waals surface area (Å²) in [6.07, 6.45) is 0. The summed E-state index contributed by atoms with van der Waals surface area (Å²) in [6.45, 7) is 0.465. The lowest BCUT2D eigenvalue weighted by molar-refractivity contribution is 0.594. The Hall–Kier alpha value is -0.740. The second-order valence-electron chi connectivity index (χ2n) is 3.92. The zero-order valence-corrected chi connectivity index (χ0v) is 12.5. The molecule has 1 nitrogen and oxygen atoms in total. The Morgan fingerprint density at radius 3 is 2.68 bits per heavy atom. The molecule has 0 atom stereocenters. The Morgan fingerprint density at radius 1 is 1.16 bits per heavy atom. The normalized spacial score (nSPS) is 10.7. The van der Waals surface area contributed by atoms with Crippen molar-refractivity contribution in [3.63, 3.8) is 0 Å². The minimum Gasteiger partial charge on any atom is -0.316 e. The third kappa shape index (κ3) is 3.63. The highest BCUT2D eigenvalue weighted by Gasteiger charge is 2.11. The van der Waals surface area contributed by atoms with Gasteiger partial charge in [-0.25, -0.2) is 4.39 Å². The Kier molecular flexibility index (Phi) is 5.11. The van der Waals surface area contributed by atoms with Crippen LogP contribution in [0, 0.1) is 5.82 Å². The van der Waals surface area contributed by atoms with Gasteiger partial charge in [0.1, 0.15) is 5.82 Å². The molecule has 0 fully saturated rings. The van der Waals surface area contributed by atoms with Crippen molar-refractivity contribution in [3.8, 4) is 0 Å². The van der Waals surface area contributed by atoms with Gasteiger partial charge in [-0.2, -0.15) is 0 Å². The molecule has 0 aliphatic heterocycles. The number of nitrogens with one attached hydrogen (secondary N) is 1. The summed E-state index contributed by atoms with van der Waals surface area (Å²) in [5.74, 6) is -0.225. The van der Waals surface area contributed by atoms with E-state index in [1.807, 2.05) is 6.07 Å². The monoisotopic (exact) mass is 315 g/mol. The van der Waals surface area contributed by atoms with E-state index in [4.69, 9.17) is 23.2 Å². The molecule has 0 saturated carbocycles. The quantitative estimate of drug-likeness (QED) is 0.851. The van der Waals surface area contributed by atoms with Gasteiger partial charge in [-0.3, -0.25) is 0 Å². The maximum absolute atomic E-state index is 13.8. The largest absolute Gasteiger partial charge is 0.316 e. The molecule has 1 N–H and O–H groups in total. The average Bonchev–Trinajstić information content (AvgIpc) is 2.38. The van der Waals surface area contributed by atoms with Gasteiger partial charge in [0.05, 0.1) is 5.02 Å². The van der Waals surface area contributed by atoms with E-state index >= 15 is 0 Å². The predicted molar refractivity (Wildman–Crippen MR) is 79.7 cm³/mol. The summed E-state index contributed by atoms with van der Waals surface area (Å²) in [4.78, 5) is 1.65. The summed E-state index contributed by atoms with van der Waals surface area (Å²) in [7, 11) is 1.78. The molecule has 0 bridgehead atoms. The lowest BCUT2D eigenvalue weighted by Crippen LogP contribution is -2.08. The molecule has 0 saturated heterocycles. The van der Waals surface area contributed by atoms with Crippen LogP contribution in [0.1, 0.15) is 5.56 Å². The summed E-state index contributed by atoms with van der Waals surface area (Å²) < 4.78 is 13.8. The van der Waals surface area contributed by atoms with Crippen molar-refractivity contribution in [1.82, 2.24) is 5.32 Å². The van der Waals surface area contributed by atoms with Crippen LogP contribution in [0.3, 0.4) is 0 Å². The molecule has 0 aliphatic carbocycles. The maximum atomic E-state index is 13.8. The van der Waals surface area contributed by atoms with Gasteiger partial charge in [0.2, 0.25) is 0 Å². The van der Waals surface area contributed by atoms with E-state index in [1.165, 1.54) is 17.8 Å². The second kappa shape index (κ2) is 6.62. The van der Waals surface area contributed by atoms with Gasteiger partial charge in [0.25, 0.3) is 0 Å². The van der Waals surface area contributed by atoms with Crippen molar-refractivity contribution in [2.75, 3.05) is 7.05 Å². The van der Waals surface area contributed by atoms with Gasteiger partial charge in [-0.15, -0.1) is 0 Å². The first kappa shape index (κ1) is 14.7. The molecule has 100 valence electrons.